The highest BCUT2D eigenvalue weighted by Gasteiger charge is 2.42. The minimum atomic E-state index is -5.09. The zero-order valence-corrected chi connectivity index (χ0v) is 17.7. The molecule has 154 valence electrons. The summed E-state index contributed by atoms with van der Waals surface area (Å²) < 4.78 is 97.2. The van der Waals surface area contributed by atoms with Gasteiger partial charge in [0.05, 0.1) is 5.56 Å². The Balaban J connectivity index is 2.37. The molecule has 0 amide bonds. The van der Waals surface area contributed by atoms with E-state index in [1.807, 2.05) is 0 Å². The summed E-state index contributed by atoms with van der Waals surface area (Å²) >= 11 is 6.34. The normalized spacial score (nSPS) is 12.4. The molecule has 0 aliphatic heterocycles. The van der Waals surface area contributed by atoms with Crippen molar-refractivity contribution >= 4 is 41.9 Å². The molecule has 0 spiro atoms. The highest BCUT2D eigenvalue weighted by molar-refractivity contribution is 9.11. The summed E-state index contributed by atoms with van der Waals surface area (Å²) in [5.41, 5.74) is -2.12. The van der Waals surface area contributed by atoms with Gasteiger partial charge in [0.25, 0.3) is 0 Å². The number of sulfonamides is 1. The van der Waals surface area contributed by atoms with Crippen LogP contribution in [0.25, 0.3) is 22.4 Å². The number of hydrogen-bond donors (Lipinski definition) is 1. The first-order valence-corrected chi connectivity index (χ1v) is 10.5. The Morgan fingerprint density at radius 3 is 2.07 bits per heavy atom. The number of benzene rings is 2. The van der Waals surface area contributed by atoms with Crippen molar-refractivity contribution in [2.45, 2.75) is 11.1 Å². The van der Waals surface area contributed by atoms with Gasteiger partial charge in [-0.1, -0.05) is 37.0 Å². The molecule has 3 rings (SSSR count). The molecule has 0 bridgehead atoms. The van der Waals surface area contributed by atoms with E-state index in [-0.39, 0.29) is 11.6 Å². The number of aromatic nitrogens is 1. The molecule has 13 heteroatoms. The first-order valence-electron chi connectivity index (χ1n) is 7.34. The number of nitrogens with zero attached hydrogens (tertiary/aromatic N) is 1. The number of rotatable bonds is 3. The molecule has 29 heavy (non-hydrogen) atoms. The van der Waals surface area contributed by atoms with Crippen molar-refractivity contribution in [3.8, 4) is 22.4 Å². The van der Waals surface area contributed by atoms with Crippen molar-refractivity contribution in [3.63, 3.8) is 0 Å². The van der Waals surface area contributed by atoms with E-state index in [1.165, 1.54) is 12.1 Å². The first kappa shape index (κ1) is 21.9. The zero-order valence-electron chi connectivity index (χ0n) is 13.7. The van der Waals surface area contributed by atoms with Crippen LogP contribution in [-0.4, -0.2) is 13.6 Å². The van der Waals surface area contributed by atoms with Gasteiger partial charge in [0.15, 0.2) is 0 Å². The molecule has 1 aromatic heterocycles. The van der Waals surface area contributed by atoms with E-state index in [1.54, 1.807) is 6.07 Å². The lowest BCUT2D eigenvalue weighted by Crippen LogP contribution is -2.15. The van der Waals surface area contributed by atoms with Crippen LogP contribution in [0, 0.1) is 11.6 Å². The van der Waals surface area contributed by atoms with Crippen LogP contribution >= 0.6 is 31.9 Å². The Morgan fingerprint density at radius 2 is 1.55 bits per heavy atom. The Hall–Kier alpha value is -1.83. The minimum Gasteiger partial charge on any atom is -0.350 e. The van der Waals surface area contributed by atoms with Gasteiger partial charge in [-0.2, -0.15) is 13.2 Å². The van der Waals surface area contributed by atoms with Gasteiger partial charge in [0.2, 0.25) is 15.8 Å². The van der Waals surface area contributed by atoms with Crippen molar-refractivity contribution < 1.29 is 34.9 Å². The summed E-state index contributed by atoms with van der Waals surface area (Å²) in [5, 5.41) is 8.18. The monoisotopic (exact) mass is 560 g/mol. The van der Waals surface area contributed by atoms with Gasteiger partial charge in [-0.05, 0) is 30.3 Å². The fraction of sp³-hybridized carbons (Fsp3) is 0.0625. The Labute approximate surface area is 177 Å². The number of hydrogen-bond acceptors (Lipinski definition) is 4. The van der Waals surface area contributed by atoms with E-state index < -0.39 is 55.3 Å². The standard InChI is InChI=1S/C16H7Br2F5N2O3S/c17-7-1-6(2-8(18)3-7)14-13(15(28-25-14)16(21,22)23)9-4-11(20)12(5-10(9)19)29(24,26)27/h1-5H,(H2,24,26,27). The van der Waals surface area contributed by atoms with E-state index in [0.29, 0.717) is 15.0 Å². The Bertz CT molecular complexity index is 1210. The largest absolute Gasteiger partial charge is 0.453 e. The quantitative estimate of drug-likeness (QED) is 0.429. The summed E-state index contributed by atoms with van der Waals surface area (Å²) in [6.07, 6.45) is -5.09. The maximum absolute atomic E-state index is 14.6. The molecule has 0 fully saturated rings. The van der Waals surface area contributed by atoms with Crippen molar-refractivity contribution in [2.24, 2.45) is 5.14 Å². The van der Waals surface area contributed by atoms with Crippen molar-refractivity contribution in [3.05, 3.63) is 56.7 Å². The van der Waals surface area contributed by atoms with Gasteiger partial charge in [0, 0.05) is 20.1 Å². The van der Waals surface area contributed by atoms with Crippen LogP contribution in [0.1, 0.15) is 5.76 Å². The molecular weight excluding hydrogens is 555 g/mol. The third kappa shape index (κ3) is 4.37. The van der Waals surface area contributed by atoms with Gasteiger partial charge in [-0.15, -0.1) is 0 Å². The van der Waals surface area contributed by atoms with Crippen LogP contribution in [0.5, 0.6) is 0 Å². The lowest BCUT2D eigenvalue weighted by molar-refractivity contribution is -0.154. The van der Waals surface area contributed by atoms with E-state index in [9.17, 15) is 30.4 Å². The fourth-order valence-corrected chi connectivity index (χ4v) is 4.45. The van der Waals surface area contributed by atoms with Gasteiger partial charge in [-0.25, -0.2) is 22.3 Å². The van der Waals surface area contributed by atoms with Crippen LogP contribution in [0.2, 0.25) is 0 Å². The predicted octanol–water partition coefficient (Wildman–Crippen LogP) is 5.48. The van der Waals surface area contributed by atoms with E-state index in [0.717, 1.165) is 0 Å². The first-order chi connectivity index (χ1) is 13.3. The molecule has 0 saturated carbocycles. The lowest BCUT2D eigenvalue weighted by atomic mass is 9.98. The van der Waals surface area contributed by atoms with Gasteiger partial charge >= 0.3 is 6.18 Å². The second-order valence-electron chi connectivity index (χ2n) is 5.70. The maximum Gasteiger partial charge on any atom is 0.453 e. The third-order valence-corrected chi connectivity index (χ3v) is 5.52. The summed E-state index contributed by atoms with van der Waals surface area (Å²) in [6, 6.07) is 4.87. The molecule has 3 aromatic rings. The second-order valence-corrected chi connectivity index (χ2v) is 9.06. The van der Waals surface area contributed by atoms with Crippen molar-refractivity contribution in [1.82, 2.24) is 5.16 Å². The predicted molar refractivity (Wildman–Crippen MR) is 99.1 cm³/mol. The number of alkyl halides is 3. The molecule has 2 N–H and O–H groups in total. The third-order valence-electron chi connectivity index (χ3n) is 3.68. The van der Waals surface area contributed by atoms with Crippen LogP contribution < -0.4 is 5.14 Å². The Kier molecular flexibility index (Phi) is 5.62. The van der Waals surface area contributed by atoms with Gasteiger partial charge in [0.1, 0.15) is 22.2 Å². The molecule has 0 aliphatic carbocycles. The molecule has 0 atom stereocenters. The van der Waals surface area contributed by atoms with E-state index >= 15 is 0 Å². The molecule has 2 aromatic carbocycles. The van der Waals surface area contributed by atoms with Crippen LogP contribution in [0.3, 0.4) is 0 Å². The van der Waals surface area contributed by atoms with Gasteiger partial charge in [-0.3, -0.25) is 0 Å². The highest BCUT2D eigenvalue weighted by atomic mass is 79.9. The second kappa shape index (κ2) is 7.45. The van der Waals surface area contributed by atoms with Gasteiger partial charge < -0.3 is 4.52 Å². The van der Waals surface area contributed by atoms with E-state index in [2.05, 4.69) is 41.5 Å². The topological polar surface area (TPSA) is 86.2 Å². The molecule has 0 saturated heterocycles. The zero-order chi connectivity index (χ0) is 21.7. The van der Waals surface area contributed by atoms with Crippen LogP contribution in [0.15, 0.2) is 48.7 Å². The summed E-state index contributed by atoms with van der Waals surface area (Å²) in [6.45, 7) is 0. The van der Waals surface area contributed by atoms with Crippen molar-refractivity contribution in [1.29, 1.82) is 0 Å². The molecule has 0 unspecified atom stereocenters. The van der Waals surface area contributed by atoms with Crippen LogP contribution in [0.4, 0.5) is 22.0 Å². The summed E-state index contributed by atoms with van der Waals surface area (Å²) in [4.78, 5) is -1.20. The fourth-order valence-electron chi connectivity index (χ4n) is 2.56. The smallest absolute Gasteiger partial charge is 0.350 e. The number of halogens is 7. The van der Waals surface area contributed by atoms with E-state index in [4.69, 9.17) is 5.14 Å². The Morgan fingerprint density at radius 1 is 0.966 bits per heavy atom. The average molecular weight is 562 g/mol. The molecular formula is C16H7Br2F5N2O3S. The average Bonchev–Trinajstić information content (AvgIpc) is 2.99. The SMILES string of the molecule is NS(=O)(=O)c1cc(F)c(-c2c(-c3cc(Br)cc(Br)c3)noc2C(F)(F)F)cc1F. The number of nitrogens with two attached hydrogens (primary N) is 1. The molecule has 1 heterocycles. The summed E-state index contributed by atoms with van der Waals surface area (Å²) in [7, 11) is -4.64. The van der Waals surface area contributed by atoms with Crippen LogP contribution in [-0.2, 0) is 16.2 Å². The summed E-state index contributed by atoms with van der Waals surface area (Å²) in [5.74, 6) is -4.66. The molecule has 0 radical (unpaired) electrons. The highest BCUT2D eigenvalue weighted by Crippen LogP contribution is 2.44. The lowest BCUT2D eigenvalue weighted by Gasteiger charge is -2.10. The molecule has 0 aliphatic rings. The van der Waals surface area contributed by atoms with Crippen molar-refractivity contribution in [2.75, 3.05) is 0 Å². The minimum absolute atomic E-state index is 0.0934. The molecule has 5 nitrogen and oxygen atoms in total. The number of primary sulfonamides is 1. The maximum atomic E-state index is 14.6.